The Bertz CT molecular complexity index is 820. The van der Waals surface area contributed by atoms with E-state index < -0.39 is 0 Å². The Kier molecular flexibility index (Phi) is 9.51. The number of nitrogens with zero attached hydrogens (tertiary/aromatic N) is 2. The van der Waals surface area contributed by atoms with Crippen LogP contribution in [0.1, 0.15) is 25.0 Å². The fraction of sp³-hybridized carbons (Fsp3) is 0.391. The highest BCUT2D eigenvalue weighted by Gasteiger charge is 2.07. The number of ether oxygens (including phenoxy) is 2. The highest BCUT2D eigenvalue weighted by atomic mass is 16.6. The summed E-state index contributed by atoms with van der Waals surface area (Å²) in [4.78, 5) is 19.0. The van der Waals surface area contributed by atoms with Crippen LogP contribution in [0.15, 0.2) is 47.6 Å². The van der Waals surface area contributed by atoms with Crippen LogP contribution in [-0.4, -0.2) is 52.6 Å². The summed E-state index contributed by atoms with van der Waals surface area (Å²) in [5.74, 6) is 1.24. The molecule has 0 aliphatic rings. The van der Waals surface area contributed by atoms with Gasteiger partial charge in [0.25, 0.3) is 5.91 Å². The lowest BCUT2D eigenvalue weighted by atomic mass is 10.1. The van der Waals surface area contributed by atoms with Crippen molar-refractivity contribution in [1.29, 1.82) is 0 Å². The number of hydrogen-bond donors (Lipinski definition) is 1. The van der Waals surface area contributed by atoms with Gasteiger partial charge in [-0.15, -0.1) is 0 Å². The number of hydrogen-bond acceptors (Lipinski definition) is 6. The number of carbonyl (C=O) groups excluding carboxylic acids is 1. The zero-order chi connectivity index (χ0) is 21.8. The second-order valence-corrected chi connectivity index (χ2v) is 6.74. The van der Waals surface area contributed by atoms with E-state index >= 15 is 0 Å². The number of anilines is 1. The quantitative estimate of drug-likeness (QED) is 0.427. The van der Waals surface area contributed by atoms with Crippen LogP contribution in [-0.2, 0) is 16.1 Å². The Hall–Kier alpha value is -3.22. The molecule has 0 spiro atoms. The molecule has 0 saturated carbocycles. The van der Waals surface area contributed by atoms with Crippen LogP contribution in [0, 0.1) is 0 Å². The van der Waals surface area contributed by atoms with Gasteiger partial charge in [0.1, 0.15) is 0 Å². The molecule has 1 N–H and O–H groups in total. The molecule has 0 atom stereocenters. The van der Waals surface area contributed by atoms with Crippen LogP contribution in [0.4, 0.5) is 5.69 Å². The molecule has 0 aromatic heterocycles. The molecule has 0 aliphatic carbocycles. The molecule has 2 aromatic carbocycles. The van der Waals surface area contributed by atoms with Gasteiger partial charge in [-0.25, -0.2) is 0 Å². The molecule has 30 heavy (non-hydrogen) atoms. The highest BCUT2D eigenvalue weighted by molar-refractivity contribution is 5.80. The van der Waals surface area contributed by atoms with Gasteiger partial charge < -0.3 is 24.5 Å². The summed E-state index contributed by atoms with van der Waals surface area (Å²) in [5, 5.41) is 6.68. The Balaban J connectivity index is 1.72. The molecule has 7 nitrogen and oxygen atoms in total. The van der Waals surface area contributed by atoms with Crippen molar-refractivity contribution in [2.24, 2.45) is 5.16 Å². The number of nitrogens with one attached hydrogen (secondary N) is 1. The van der Waals surface area contributed by atoms with Crippen LogP contribution in [0.5, 0.6) is 11.5 Å². The monoisotopic (exact) mass is 413 g/mol. The third-order valence-electron chi connectivity index (χ3n) is 4.23. The number of oxime groups is 1. The average molecular weight is 414 g/mol. The predicted molar refractivity (Wildman–Crippen MR) is 120 cm³/mol. The van der Waals surface area contributed by atoms with E-state index in [4.69, 9.17) is 14.3 Å². The number of amides is 1. The molecule has 0 unspecified atom stereocenters. The lowest BCUT2D eigenvalue weighted by Gasteiger charge is -2.12. The maximum Gasteiger partial charge on any atom is 0.260 e. The van der Waals surface area contributed by atoms with Crippen LogP contribution in [0.3, 0.4) is 0 Å². The maximum absolute atomic E-state index is 11.9. The van der Waals surface area contributed by atoms with Gasteiger partial charge in [-0.2, -0.15) is 0 Å². The second kappa shape index (κ2) is 12.4. The maximum atomic E-state index is 11.9. The van der Waals surface area contributed by atoms with Crippen molar-refractivity contribution in [3.05, 3.63) is 53.6 Å². The van der Waals surface area contributed by atoms with Crippen molar-refractivity contribution in [2.75, 3.05) is 45.4 Å². The molecule has 0 bridgehead atoms. The summed E-state index contributed by atoms with van der Waals surface area (Å²) in [6, 6.07) is 13.7. The van der Waals surface area contributed by atoms with E-state index in [2.05, 4.69) is 10.5 Å². The Labute approximate surface area is 178 Å². The zero-order valence-corrected chi connectivity index (χ0v) is 18.2. The van der Waals surface area contributed by atoms with Gasteiger partial charge >= 0.3 is 0 Å². The minimum absolute atomic E-state index is 0.125. The third kappa shape index (κ3) is 7.66. The van der Waals surface area contributed by atoms with Crippen LogP contribution in [0.2, 0.25) is 0 Å². The summed E-state index contributed by atoms with van der Waals surface area (Å²) in [7, 11) is 3.97. The van der Waals surface area contributed by atoms with Crippen molar-refractivity contribution in [3.63, 3.8) is 0 Å². The van der Waals surface area contributed by atoms with E-state index in [1.165, 1.54) is 0 Å². The van der Waals surface area contributed by atoms with Crippen LogP contribution < -0.4 is 19.7 Å². The Morgan fingerprint density at radius 1 is 1.03 bits per heavy atom. The SMILES string of the molecule is CCOc1ccc(CCNC(=O)CO/N=C/c2ccc(N(C)C)cc2)cc1OCC. The summed E-state index contributed by atoms with van der Waals surface area (Å²) < 4.78 is 11.2. The molecule has 0 radical (unpaired) electrons. The standard InChI is InChI=1S/C23H31N3O4/c1-5-28-21-12-9-18(15-22(21)29-6-2)13-14-24-23(27)17-30-25-16-19-7-10-20(11-8-19)26(3)4/h7-12,15-16H,5-6,13-14,17H2,1-4H3,(H,24,27)/b25-16+. The molecule has 0 fully saturated rings. The van der Waals surface area contributed by atoms with Gasteiger partial charge in [-0.05, 0) is 55.7 Å². The van der Waals surface area contributed by atoms with E-state index in [0.29, 0.717) is 26.2 Å². The molecule has 0 aliphatic heterocycles. The highest BCUT2D eigenvalue weighted by Crippen LogP contribution is 2.28. The van der Waals surface area contributed by atoms with E-state index in [9.17, 15) is 4.79 Å². The predicted octanol–water partition coefficient (Wildman–Crippen LogP) is 3.26. The zero-order valence-electron chi connectivity index (χ0n) is 18.2. The molecule has 7 heteroatoms. The molecule has 0 saturated heterocycles. The average Bonchev–Trinajstić information content (AvgIpc) is 2.73. The summed E-state index contributed by atoms with van der Waals surface area (Å²) in [5.41, 5.74) is 3.07. The number of benzene rings is 2. The molecule has 162 valence electrons. The lowest BCUT2D eigenvalue weighted by Crippen LogP contribution is -2.28. The first-order valence-electron chi connectivity index (χ1n) is 10.1. The van der Waals surface area contributed by atoms with Gasteiger partial charge in [-0.1, -0.05) is 23.4 Å². The fourth-order valence-corrected chi connectivity index (χ4v) is 2.70. The molecular weight excluding hydrogens is 382 g/mol. The van der Waals surface area contributed by atoms with E-state index in [-0.39, 0.29) is 12.5 Å². The smallest absolute Gasteiger partial charge is 0.260 e. The first-order chi connectivity index (χ1) is 14.5. The van der Waals surface area contributed by atoms with Crippen molar-refractivity contribution >= 4 is 17.8 Å². The van der Waals surface area contributed by atoms with Crippen LogP contribution >= 0.6 is 0 Å². The van der Waals surface area contributed by atoms with E-state index in [1.54, 1.807) is 6.21 Å². The van der Waals surface area contributed by atoms with E-state index in [1.807, 2.05) is 75.3 Å². The molecule has 1 amide bonds. The van der Waals surface area contributed by atoms with Gasteiger partial charge in [0.15, 0.2) is 18.1 Å². The first-order valence-corrected chi connectivity index (χ1v) is 10.1. The summed E-state index contributed by atoms with van der Waals surface area (Å²) in [6.45, 7) is 5.39. The van der Waals surface area contributed by atoms with Crippen molar-refractivity contribution < 1.29 is 19.1 Å². The van der Waals surface area contributed by atoms with Gasteiger partial charge in [-0.3, -0.25) is 4.79 Å². The van der Waals surface area contributed by atoms with Crippen LogP contribution in [0.25, 0.3) is 0 Å². The van der Waals surface area contributed by atoms with Gasteiger partial charge in [0, 0.05) is 26.3 Å². The summed E-state index contributed by atoms with van der Waals surface area (Å²) >= 11 is 0. The van der Waals surface area contributed by atoms with Crippen molar-refractivity contribution in [2.45, 2.75) is 20.3 Å². The van der Waals surface area contributed by atoms with Gasteiger partial charge in [0.2, 0.25) is 0 Å². The normalized spacial score (nSPS) is 10.7. The Morgan fingerprint density at radius 3 is 2.40 bits per heavy atom. The third-order valence-corrected chi connectivity index (χ3v) is 4.23. The largest absolute Gasteiger partial charge is 0.490 e. The molecule has 2 aromatic rings. The topological polar surface area (TPSA) is 72.4 Å². The minimum Gasteiger partial charge on any atom is -0.490 e. The molecule has 0 heterocycles. The lowest BCUT2D eigenvalue weighted by molar-refractivity contribution is -0.125. The molecule has 2 rings (SSSR count). The first kappa shape index (κ1) is 23.1. The van der Waals surface area contributed by atoms with Gasteiger partial charge in [0.05, 0.1) is 19.4 Å². The van der Waals surface area contributed by atoms with E-state index in [0.717, 1.165) is 28.3 Å². The summed E-state index contributed by atoms with van der Waals surface area (Å²) in [6.07, 6.45) is 2.27. The van der Waals surface area contributed by atoms with Crippen molar-refractivity contribution in [1.82, 2.24) is 5.32 Å². The number of carbonyl (C=O) groups is 1. The molecular formula is C23H31N3O4. The Morgan fingerprint density at radius 2 is 1.73 bits per heavy atom. The second-order valence-electron chi connectivity index (χ2n) is 6.74. The minimum atomic E-state index is -0.217. The fourth-order valence-electron chi connectivity index (χ4n) is 2.70. The van der Waals surface area contributed by atoms with Crippen molar-refractivity contribution in [3.8, 4) is 11.5 Å². The number of rotatable bonds is 12.